The van der Waals surface area contributed by atoms with Gasteiger partial charge in [-0.1, -0.05) is 34.1 Å². The molecule has 1 heterocycles. The van der Waals surface area contributed by atoms with Crippen LogP contribution in [0.3, 0.4) is 0 Å². The summed E-state index contributed by atoms with van der Waals surface area (Å²) in [5.41, 5.74) is 45.2. The molecule has 0 aromatic carbocycles. The predicted octanol–water partition coefficient (Wildman–Crippen LogP) is -4.21. The first-order chi connectivity index (χ1) is 32.1. The molecule has 0 spiro atoms. The summed E-state index contributed by atoms with van der Waals surface area (Å²) in [6, 6.07) is -8.75. The van der Waals surface area contributed by atoms with Gasteiger partial charge in [0.15, 0.2) is 11.9 Å². The van der Waals surface area contributed by atoms with E-state index in [0.29, 0.717) is 64.6 Å². The highest BCUT2D eigenvalue weighted by molar-refractivity contribution is 5.97. The first-order valence-electron chi connectivity index (χ1n) is 23.8. The van der Waals surface area contributed by atoms with E-state index in [0.717, 1.165) is 0 Å². The van der Waals surface area contributed by atoms with Crippen LogP contribution >= 0.6 is 0 Å². The van der Waals surface area contributed by atoms with Crippen LogP contribution in [0.2, 0.25) is 0 Å². The second-order valence-corrected chi connectivity index (χ2v) is 17.7. The molecule has 0 bridgehead atoms. The van der Waals surface area contributed by atoms with E-state index >= 15 is 0 Å². The summed E-state index contributed by atoms with van der Waals surface area (Å²) >= 11 is 0. The van der Waals surface area contributed by atoms with Crippen molar-refractivity contribution in [3.8, 4) is 0 Å². The summed E-state index contributed by atoms with van der Waals surface area (Å²) in [6.45, 7) is 9.76. The van der Waals surface area contributed by atoms with Gasteiger partial charge in [-0.15, -0.1) is 0 Å². The maximum Gasteiger partial charge on any atom is 0.243 e. The molecule has 1 fully saturated rings. The number of carbonyl (C=O) groups excluding carboxylic acids is 8. The Morgan fingerprint density at radius 2 is 1.01 bits per heavy atom. The molecular formula is C43H83N17O8. The van der Waals surface area contributed by atoms with E-state index in [2.05, 4.69) is 41.9 Å². The number of rotatable bonds is 33. The molecule has 0 aromatic heterocycles. The van der Waals surface area contributed by atoms with E-state index in [9.17, 15) is 38.4 Å². The number of hydrogen-bond acceptors (Lipinski definition) is 13. The average molecular weight is 966 g/mol. The number of nitrogens with one attached hydrogen (secondary N) is 6. The van der Waals surface area contributed by atoms with Crippen LogP contribution in [0.4, 0.5) is 0 Å². The summed E-state index contributed by atoms with van der Waals surface area (Å²) in [4.78, 5) is 118. The van der Waals surface area contributed by atoms with Crippen LogP contribution in [0, 0.1) is 11.8 Å². The van der Waals surface area contributed by atoms with Crippen molar-refractivity contribution in [1.29, 1.82) is 0 Å². The summed E-state index contributed by atoms with van der Waals surface area (Å²) in [5.74, 6) is -6.11. The molecule has 388 valence electrons. The van der Waals surface area contributed by atoms with Gasteiger partial charge < -0.3 is 82.7 Å². The molecule has 0 aliphatic carbocycles. The highest BCUT2D eigenvalue weighted by Gasteiger charge is 2.39. The van der Waals surface area contributed by atoms with Gasteiger partial charge >= 0.3 is 0 Å². The van der Waals surface area contributed by atoms with Gasteiger partial charge in [-0.2, -0.15) is 0 Å². The molecule has 0 aromatic rings. The van der Waals surface area contributed by atoms with E-state index in [1.165, 1.54) is 11.8 Å². The van der Waals surface area contributed by atoms with Gasteiger partial charge in [-0.25, -0.2) is 0 Å². The summed E-state index contributed by atoms with van der Waals surface area (Å²) < 4.78 is 0. The van der Waals surface area contributed by atoms with E-state index < -0.39 is 89.7 Å². The number of guanidine groups is 2. The number of unbranched alkanes of at least 4 members (excludes halogenated alkanes) is 2. The third-order valence-electron chi connectivity index (χ3n) is 11.7. The first-order valence-corrected chi connectivity index (χ1v) is 23.8. The first kappa shape index (κ1) is 60.2. The lowest BCUT2D eigenvalue weighted by Crippen LogP contribution is -2.60. The molecule has 9 atom stereocenters. The van der Waals surface area contributed by atoms with E-state index in [4.69, 9.17) is 45.9 Å². The van der Waals surface area contributed by atoms with Gasteiger partial charge in [0, 0.05) is 19.6 Å². The highest BCUT2D eigenvalue weighted by atomic mass is 16.2. The van der Waals surface area contributed by atoms with Crippen molar-refractivity contribution in [2.75, 3.05) is 32.7 Å². The Morgan fingerprint density at radius 1 is 0.588 bits per heavy atom. The molecule has 22 N–H and O–H groups in total. The van der Waals surface area contributed by atoms with Gasteiger partial charge in [0.05, 0.1) is 6.04 Å². The zero-order chi connectivity index (χ0) is 51.5. The molecule has 1 aliphatic rings. The Bertz CT molecular complexity index is 1710. The molecule has 8 amide bonds. The summed E-state index contributed by atoms with van der Waals surface area (Å²) in [6.07, 6.45) is 4.08. The quantitative estimate of drug-likeness (QED) is 0.0168. The van der Waals surface area contributed by atoms with Gasteiger partial charge in [0.1, 0.15) is 42.3 Å². The van der Waals surface area contributed by atoms with Gasteiger partial charge in [0.25, 0.3) is 0 Å². The maximum absolute atomic E-state index is 14.2. The second-order valence-electron chi connectivity index (χ2n) is 17.7. The molecule has 1 aliphatic heterocycles. The van der Waals surface area contributed by atoms with Crippen LogP contribution in [0.5, 0.6) is 0 Å². The third-order valence-corrected chi connectivity index (χ3v) is 11.7. The molecule has 25 heteroatoms. The fourth-order valence-electron chi connectivity index (χ4n) is 7.32. The van der Waals surface area contributed by atoms with Crippen LogP contribution in [0.25, 0.3) is 0 Å². The van der Waals surface area contributed by atoms with Crippen LogP contribution in [0.15, 0.2) is 9.98 Å². The van der Waals surface area contributed by atoms with Crippen molar-refractivity contribution in [3.63, 3.8) is 0 Å². The predicted molar refractivity (Wildman–Crippen MR) is 259 cm³/mol. The lowest BCUT2D eigenvalue weighted by molar-refractivity contribution is -0.141. The Morgan fingerprint density at radius 3 is 1.44 bits per heavy atom. The minimum Gasteiger partial charge on any atom is -0.370 e. The Balaban J connectivity index is 3.42. The lowest BCUT2D eigenvalue weighted by atomic mass is 9.97. The van der Waals surface area contributed by atoms with Crippen molar-refractivity contribution >= 4 is 59.2 Å². The van der Waals surface area contributed by atoms with Crippen LogP contribution in [0.1, 0.15) is 118 Å². The third kappa shape index (κ3) is 21.9. The number of likely N-dealkylation sites (tertiary alicyclic amines) is 1. The van der Waals surface area contributed by atoms with Gasteiger partial charge in [-0.3, -0.25) is 48.3 Å². The number of primary amides is 1. The van der Waals surface area contributed by atoms with Crippen LogP contribution < -0.4 is 77.8 Å². The van der Waals surface area contributed by atoms with Crippen molar-refractivity contribution < 1.29 is 38.4 Å². The fourth-order valence-corrected chi connectivity index (χ4v) is 7.32. The zero-order valence-corrected chi connectivity index (χ0v) is 40.7. The van der Waals surface area contributed by atoms with E-state index in [1.54, 1.807) is 20.8 Å². The van der Waals surface area contributed by atoms with Gasteiger partial charge in [-0.05, 0) is 109 Å². The Labute approximate surface area is 400 Å². The van der Waals surface area contributed by atoms with Crippen molar-refractivity contribution in [3.05, 3.63) is 0 Å². The minimum absolute atomic E-state index is 0.0157. The monoisotopic (exact) mass is 966 g/mol. The zero-order valence-electron chi connectivity index (χ0n) is 40.7. The highest BCUT2D eigenvalue weighted by Crippen LogP contribution is 2.20. The normalized spacial score (nSPS) is 16.9. The molecular weight excluding hydrogens is 883 g/mol. The van der Waals surface area contributed by atoms with E-state index in [1.807, 2.05) is 6.92 Å². The average Bonchev–Trinajstić information content (AvgIpc) is 3.78. The summed E-state index contributed by atoms with van der Waals surface area (Å²) in [7, 11) is 0. The van der Waals surface area contributed by atoms with Crippen molar-refractivity contribution in [2.45, 2.75) is 166 Å². The molecule has 1 rings (SSSR count). The van der Waals surface area contributed by atoms with Crippen molar-refractivity contribution in [1.82, 2.24) is 36.8 Å². The largest absolute Gasteiger partial charge is 0.370 e. The van der Waals surface area contributed by atoms with E-state index in [-0.39, 0.29) is 81.3 Å². The minimum atomic E-state index is -1.29. The lowest BCUT2D eigenvalue weighted by Gasteiger charge is -2.30. The number of hydrogen-bond donors (Lipinski definition) is 14. The smallest absolute Gasteiger partial charge is 0.243 e. The summed E-state index contributed by atoms with van der Waals surface area (Å²) in [5, 5.41) is 16.1. The SMILES string of the molecule is CC[C@H](C)[C@H](NC(=O)[C@H](CCCCN)NC(=O)[C@H](C)NC(=O)[C@H](CCCCN)NC(=O)[C@H](CCCN=C(N)N)NC(=O)[C@H](CCCN=C(N)N)NC(=O)[C@@H]1CCCN1C(=O)[C@@H](N)C(C)C)C(N)=O. The topological polar surface area (TPSA) is 445 Å². The van der Waals surface area contributed by atoms with Crippen LogP contribution in [-0.4, -0.2) is 145 Å². The number of nitrogens with two attached hydrogens (primary N) is 8. The molecule has 1 saturated heterocycles. The maximum atomic E-state index is 14.2. The van der Waals surface area contributed by atoms with Crippen molar-refractivity contribution in [2.24, 2.45) is 67.7 Å². The number of amides is 8. The Hall–Kier alpha value is -5.82. The molecule has 25 nitrogen and oxygen atoms in total. The van der Waals surface area contributed by atoms with Crippen LogP contribution in [-0.2, 0) is 38.4 Å². The molecule has 0 saturated carbocycles. The fraction of sp³-hybridized carbons (Fsp3) is 0.767. The number of aliphatic imine (C=N–C) groups is 2. The molecule has 0 unspecified atom stereocenters. The van der Waals surface area contributed by atoms with Gasteiger partial charge in [0.2, 0.25) is 47.3 Å². The number of carbonyl (C=O) groups is 8. The number of nitrogens with zero attached hydrogens (tertiary/aromatic N) is 3. The Kier molecular flexibility index (Phi) is 28.3. The molecule has 0 radical (unpaired) electrons. The standard InChI is InChI=1S/C43H83N17O8/c1-6-25(4)33(34(47)61)59-39(66)28(15-8-10-20-45)55-35(62)26(5)54-36(63)27(14-7-9-19-44)56-37(64)29(16-11-21-52-42(48)49)57-38(65)30(17-12-22-53-43(50)51)58-40(67)31-18-13-23-60(31)41(68)32(46)24(2)3/h24-33H,6-23,44-46H2,1-5H3,(H2,47,61)(H,54,63)(H,55,62)(H,56,64)(H,57,65)(H,58,67)(H,59,66)(H4,48,49,52)(H4,50,51,53)/t25-,26-,27-,28-,29-,30-,31-,32-,33-/m0/s1. The second kappa shape index (κ2) is 32.0. The molecule has 68 heavy (non-hydrogen) atoms.